The van der Waals surface area contributed by atoms with Gasteiger partial charge in [0.15, 0.2) is 11.5 Å². The maximum absolute atomic E-state index is 12.9. The van der Waals surface area contributed by atoms with Crippen LogP contribution in [0.4, 0.5) is 0 Å². The number of hydrogen-bond acceptors (Lipinski definition) is 5. The van der Waals surface area contributed by atoms with E-state index in [1.165, 1.54) is 25.3 Å². The largest absolute Gasteiger partial charge is 0.490 e. The van der Waals surface area contributed by atoms with Crippen molar-refractivity contribution in [3.05, 3.63) is 53.1 Å². The van der Waals surface area contributed by atoms with Crippen molar-refractivity contribution in [2.24, 2.45) is 0 Å². The van der Waals surface area contributed by atoms with Crippen LogP contribution in [0.15, 0.2) is 47.6 Å². The lowest BCUT2D eigenvalue weighted by atomic mass is 9.93. The van der Waals surface area contributed by atoms with E-state index in [0.29, 0.717) is 35.9 Å². The molecule has 1 aliphatic heterocycles. The normalized spacial score (nSPS) is 15.2. The van der Waals surface area contributed by atoms with Gasteiger partial charge in [0.1, 0.15) is 11.6 Å². The highest BCUT2D eigenvalue weighted by Gasteiger charge is 2.34. The average Bonchev–Trinajstić information content (AvgIpc) is 2.78. The van der Waals surface area contributed by atoms with Crippen LogP contribution in [0.25, 0.3) is 6.08 Å². The second-order valence-electron chi connectivity index (χ2n) is 7.58. The number of imide groups is 1. The summed E-state index contributed by atoms with van der Waals surface area (Å²) in [5.74, 6) is 0.217. The summed E-state index contributed by atoms with van der Waals surface area (Å²) in [6.07, 6.45) is 8.92. The molecule has 1 aliphatic rings. The van der Waals surface area contributed by atoms with Gasteiger partial charge in [-0.3, -0.25) is 14.5 Å². The van der Waals surface area contributed by atoms with Crippen molar-refractivity contribution in [2.75, 3.05) is 19.8 Å². The first-order valence-corrected chi connectivity index (χ1v) is 11.2. The van der Waals surface area contributed by atoms with Gasteiger partial charge in [-0.15, -0.1) is 6.58 Å². The number of carbonyl (C=O) groups excluding carboxylic acids is 2. The summed E-state index contributed by atoms with van der Waals surface area (Å²) in [4.78, 5) is 26.4. The molecule has 0 radical (unpaired) electrons. The highest BCUT2D eigenvalue weighted by atomic mass is 16.5. The summed E-state index contributed by atoms with van der Waals surface area (Å²) in [5, 5.41) is 9.43. The van der Waals surface area contributed by atoms with E-state index in [9.17, 15) is 14.9 Å². The van der Waals surface area contributed by atoms with E-state index in [0.717, 1.165) is 23.3 Å². The van der Waals surface area contributed by atoms with E-state index in [-0.39, 0.29) is 12.1 Å². The number of rotatable bonds is 12. The highest BCUT2D eigenvalue weighted by molar-refractivity contribution is 6.19. The van der Waals surface area contributed by atoms with Crippen molar-refractivity contribution in [1.82, 2.24) is 4.90 Å². The van der Waals surface area contributed by atoms with Gasteiger partial charge in [0, 0.05) is 12.1 Å². The SMILES string of the molecule is C=CCN1C(=O)C(C#N)=C(C)/C(=C\c2ccc(OCCCCCCC)c(OCC)c2)C1=O. The lowest BCUT2D eigenvalue weighted by Crippen LogP contribution is -2.42. The van der Waals surface area contributed by atoms with Gasteiger partial charge < -0.3 is 9.47 Å². The summed E-state index contributed by atoms with van der Waals surface area (Å²) >= 11 is 0. The summed E-state index contributed by atoms with van der Waals surface area (Å²) in [6.45, 7) is 10.4. The Bertz CT molecular complexity index is 953. The fourth-order valence-electron chi connectivity index (χ4n) is 3.48. The summed E-state index contributed by atoms with van der Waals surface area (Å²) in [7, 11) is 0. The first-order chi connectivity index (χ1) is 15.5. The van der Waals surface area contributed by atoms with Crippen LogP contribution in [-0.2, 0) is 9.59 Å². The predicted octanol–water partition coefficient (Wildman–Crippen LogP) is 5.21. The molecule has 2 rings (SSSR count). The van der Waals surface area contributed by atoms with E-state index < -0.39 is 11.8 Å². The van der Waals surface area contributed by atoms with Gasteiger partial charge in [0.2, 0.25) is 0 Å². The molecule has 0 atom stereocenters. The Kier molecular flexibility index (Phi) is 9.75. The van der Waals surface area contributed by atoms with Crippen molar-refractivity contribution < 1.29 is 19.1 Å². The Labute approximate surface area is 190 Å². The van der Waals surface area contributed by atoms with Crippen LogP contribution >= 0.6 is 0 Å². The molecule has 1 aromatic rings. The third kappa shape index (κ3) is 6.10. The summed E-state index contributed by atoms with van der Waals surface area (Å²) in [5.41, 5.74) is 1.35. The second kappa shape index (κ2) is 12.5. The molecule has 0 saturated carbocycles. The molecule has 0 saturated heterocycles. The van der Waals surface area contributed by atoms with Crippen LogP contribution in [0.3, 0.4) is 0 Å². The van der Waals surface area contributed by atoms with Crippen molar-refractivity contribution in [1.29, 1.82) is 5.26 Å². The van der Waals surface area contributed by atoms with Crippen molar-refractivity contribution in [3.8, 4) is 17.6 Å². The quantitative estimate of drug-likeness (QED) is 0.194. The third-order valence-electron chi connectivity index (χ3n) is 5.22. The number of carbonyl (C=O) groups is 2. The molecule has 0 aromatic heterocycles. The van der Waals surface area contributed by atoms with Gasteiger partial charge in [-0.2, -0.15) is 5.26 Å². The number of ether oxygens (including phenoxy) is 2. The van der Waals surface area contributed by atoms with Gasteiger partial charge >= 0.3 is 0 Å². The standard InChI is InChI=1S/C26H32N2O4/c1-5-8-9-10-11-15-32-23-13-12-20(17-24(23)31-7-3)16-21-19(4)22(18-27)26(30)28(14-6-2)25(21)29/h6,12-13,16-17H,2,5,7-11,14-15H2,1,3-4H3/b21-16+. The van der Waals surface area contributed by atoms with Crippen LogP contribution in [-0.4, -0.2) is 36.5 Å². The molecule has 6 nitrogen and oxygen atoms in total. The fourth-order valence-corrected chi connectivity index (χ4v) is 3.48. The first-order valence-electron chi connectivity index (χ1n) is 11.2. The minimum Gasteiger partial charge on any atom is -0.490 e. The van der Waals surface area contributed by atoms with Gasteiger partial charge in [-0.05, 0) is 49.6 Å². The number of nitrogens with zero attached hydrogens (tertiary/aromatic N) is 2. The minimum absolute atomic E-state index is 0.0363. The maximum Gasteiger partial charge on any atom is 0.271 e. The zero-order valence-electron chi connectivity index (χ0n) is 19.3. The van der Waals surface area contributed by atoms with Crippen LogP contribution in [0.5, 0.6) is 11.5 Å². The van der Waals surface area contributed by atoms with Gasteiger partial charge in [-0.1, -0.05) is 44.7 Å². The number of benzene rings is 1. The second-order valence-corrected chi connectivity index (χ2v) is 7.58. The topological polar surface area (TPSA) is 79.6 Å². The zero-order chi connectivity index (χ0) is 23.5. The molecule has 32 heavy (non-hydrogen) atoms. The molecule has 6 heteroatoms. The Balaban J connectivity index is 2.30. The van der Waals surface area contributed by atoms with E-state index >= 15 is 0 Å². The Morgan fingerprint density at radius 1 is 1.06 bits per heavy atom. The summed E-state index contributed by atoms with van der Waals surface area (Å²) in [6, 6.07) is 7.40. The molecule has 0 spiro atoms. The molecule has 0 bridgehead atoms. The molecular formula is C26H32N2O4. The van der Waals surface area contributed by atoms with Gasteiger partial charge in [0.25, 0.3) is 11.8 Å². The van der Waals surface area contributed by atoms with Crippen LogP contribution in [0.2, 0.25) is 0 Å². The Morgan fingerprint density at radius 3 is 2.47 bits per heavy atom. The van der Waals surface area contributed by atoms with Crippen molar-refractivity contribution in [3.63, 3.8) is 0 Å². The molecule has 0 aliphatic carbocycles. The van der Waals surface area contributed by atoms with Crippen molar-refractivity contribution in [2.45, 2.75) is 52.9 Å². The monoisotopic (exact) mass is 436 g/mol. The smallest absolute Gasteiger partial charge is 0.271 e. The zero-order valence-corrected chi connectivity index (χ0v) is 19.3. The lowest BCUT2D eigenvalue weighted by Gasteiger charge is -2.26. The van der Waals surface area contributed by atoms with Gasteiger partial charge in [-0.25, -0.2) is 0 Å². The van der Waals surface area contributed by atoms with E-state index in [4.69, 9.17) is 9.47 Å². The van der Waals surface area contributed by atoms with Gasteiger partial charge in [0.05, 0.1) is 13.2 Å². The molecular weight excluding hydrogens is 404 g/mol. The van der Waals surface area contributed by atoms with E-state index in [1.54, 1.807) is 13.0 Å². The molecule has 0 unspecified atom stereocenters. The average molecular weight is 437 g/mol. The number of amides is 2. The van der Waals surface area contributed by atoms with Crippen molar-refractivity contribution >= 4 is 17.9 Å². The van der Waals surface area contributed by atoms with E-state index in [1.807, 2.05) is 31.2 Å². The minimum atomic E-state index is -0.593. The lowest BCUT2D eigenvalue weighted by molar-refractivity contribution is -0.139. The predicted molar refractivity (Wildman–Crippen MR) is 125 cm³/mol. The Hall–Kier alpha value is -3.33. The van der Waals surface area contributed by atoms with Crippen LogP contribution in [0, 0.1) is 11.3 Å². The molecule has 0 fully saturated rings. The molecule has 0 N–H and O–H groups in total. The fraction of sp³-hybridized carbons (Fsp3) is 0.423. The number of unbranched alkanes of at least 4 members (excludes halogenated alkanes) is 4. The maximum atomic E-state index is 12.9. The first kappa shape index (κ1) is 24.9. The highest BCUT2D eigenvalue weighted by Crippen LogP contribution is 2.32. The summed E-state index contributed by atoms with van der Waals surface area (Å²) < 4.78 is 11.7. The molecule has 170 valence electrons. The molecule has 2 amide bonds. The van der Waals surface area contributed by atoms with Crippen LogP contribution in [0.1, 0.15) is 58.4 Å². The molecule has 1 aromatic carbocycles. The third-order valence-corrected chi connectivity index (χ3v) is 5.22. The van der Waals surface area contributed by atoms with E-state index in [2.05, 4.69) is 13.5 Å². The number of nitriles is 1. The molecule has 1 heterocycles. The number of hydrogen-bond donors (Lipinski definition) is 0. The Morgan fingerprint density at radius 2 is 1.81 bits per heavy atom. The van der Waals surface area contributed by atoms with Crippen LogP contribution < -0.4 is 9.47 Å².